The zero-order valence-electron chi connectivity index (χ0n) is 12.2. The molecule has 0 saturated heterocycles. The molecule has 0 aromatic carbocycles. The second-order valence-corrected chi connectivity index (χ2v) is 6.39. The van der Waals surface area contributed by atoms with Crippen LogP contribution in [0.1, 0.15) is 77.6 Å². The number of hydrogen-bond donors (Lipinski definition) is 1. The molecule has 0 heterocycles. The minimum atomic E-state index is -3.73. The molecule has 0 bridgehead atoms. The van der Waals surface area contributed by atoms with Gasteiger partial charge in [-0.25, -0.2) is 0 Å². The Balaban J connectivity index is 0. The maximum atomic E-state index is 10.4. The van der Waals surface area contributed by atoms with Crippen LogP contribution in [0.2, 0.25) is 0 Å². The van der Waals surface area contributed by atoms with Crippen molar-refractivity contribution in [3.05, 3.63) is 0 Å². The van der Waals surface area contributed by atoms with Crippen LogP contribution in [0.15, 0.2) is 0 Å². The summed E-state index contributed by atoms with van der Waals surface area (Å²) in [5, 5.41) is 0. The first-order valence-corrected chi connectivity index (χ1v) is 8.62. The van der Waals surface area contributed by atoms with Crippen LogP contribution >= 0.6 is 0 Å². The van der Waals surface area contributed by atoms with Crippen molar-refractivity contribution in [1.29, 1.82) is 0 Å². The maximum absolute atomic E-state index is 10.4. The molecule has 105 valence electrons. The van der Waals surface area contributed by atoms with Crippen LogP contribution in [0.5, 0.6) is 0 Å². The first-order chi connectivity index (χ1) is 8.06. The van der Waals surface area contributed by atoms with Gasteiger partial charge < -0.3 is 0 Å². The molecule has 0 fully saturated rings. The second kappa shape index (κ2) is 14.3. The fraction of sp³-hybridized carbons (Fsp3) is 1.00. The maximum Gasteiger partial charge on any atom is 0.264 e. The van der Waals surface area contributed by atoms with E-state index in [9.17, 15) is 8.42 Å². The van der Waals surface area contributed by atoms with Gasteiger partial charge in [-0.15, -0.1) is 0 Å². The summed E-state index contributed by atoms with van der Waals surface area (Å²) in [5.74, 6) is -0.0793. The molecule has 0 rings (SSSR count). The fourth-order valence-electron chi connectivity index (χ4n) is 1.95. The van der Waals surface area contributed by atoms with E-state index in [1.54, 1.807) is 0 Å². The molecule has 1 N–H and O–H groups in total. The normalized spacial score (nSPS) is 11.2. The molecule has 0 atom stereocenters. The van der Waals surface area contributed by atoms with Crippen LogP contribution < -0.4 is 0 Å². The monoisotopic (exact) mass is 287 g/mol. The minimum Gasteiger partial charge on any atom is -0.286 e. The fourth-order valence-corrected chi connectivity index (χ4v) is 2.52. The first-order valence-electron chi connectivity index (χ1n) is 7.01. The summed E-state index contributed by atoms with van der Waals surface area (Å²) in [6, 6.07) is 0. The van der Waals surface area contributed by atoms with Crippen molar-refractivity contribution in [3.63, 3.8) is 0 Å². The van der Waals surface area contributed by atoms with Crippen molar-refractivity contribution in [2.75, 3.05) is 5.75 Å². The third kappa shape index (κ3) is 19.3. The van der Waals surface area contributed by atoms with E-state index in [0.29, 0.717) is 6.42 Å². The first kappa shape index (κ1) is 21.2. The van der Waals surface area contributed by atoms with Crippen molar-refractivity contribution in [3.8, 4) is 0 Å². The summed E-state index contributed by atoms with van der Waals surface area (Å²) < 4.78 is 29.4. The van der Waals surface area contributed by atoms with Gasteiger partial charge in [0.2, 0.25) is 0 Å². The number of rotatable bonds is 12. The average Bonchev–Trinajstić information content (AvgIpc) is 2.24. The third-order valence-corrected chi connectivity index (χ3v) is 3.81. The van der Waals surface area contributed by atoms with Crippen LogP contribution in [-0.2, 0) is 10.1 Å². The zero-order valence-corrected chi connectivity index (χ0v) is 15.0. The molecule has 0 saturated carbocycles. The Morgan fingerprint density at radius 2 is 1.06 bits per heavy atom. The van der Waals surface area contributed by atoms with Gasteiger partial charge in [0, 0.05) is 29.6 Å². The summed E-state index contributed by atoms with van der Waals surface area (Å²) in [7, 11) is -3.73. The number of hydrogen-bond acceptors (Lipinski definition) is 2. The van der Waals surface area contributed by atoms with Crippen molar-refractivity contribution in [2.24, 2.45) is 0 Å². The molecule has 0 aliphatic carbocycles. The second-order valence-electron chi connectivity index (χ2n) is 4.82. The molecular weight excluding hydrogens is 259 g/mol. The third-order valence-electron chi connectivity index (χ3n) is 3.01. The summed E-state index contributed by atoms with van der Waals surface area (Å²) >= 11 is 0. The van der Waals surface area contributed by atoms with Gasteiger partial charge in [0.15, 0.2) is 0 Å². The van der Waals surface area contributed by atoms with E-state index in [2.05, 4.69) is 6.92 Å². The Morgan fingerprint density at radius 3 is 1.39 bits per heavy atom. The SMILES string of the molecule is CCCCCCCCCCCCCS(=O)(=O)O.[Na]. The van der Waals surface area contributed by atoms with Crippen LogP contribution in [0, 0.1) is 0 Å². The predicted molar refractivity (Wildman–Crippen MR) is 78.6 cm³/mol. The van der Waals surface area contributed by atoms with Gasteiger partial charge in [-0.3, -0.25) is 4.55 Å². The van der Waals surface area contributed by atoms with Gasteiger partial charge in [-0.05, 0) is 6.42 Å². The largest absolute Gasteiger partial charge is 0.286 e. The van der Waals surface area contributed by atoms with E-state index in [1.165, 1.54) is 51.4 Å². The molecule has 18 heavy (non-hydrogen) atoms. The van der Waals surface area contributed by atoms with Crippen molar-refractivity contribution < 1.29 is 13.0 Å². The Labute approximate surface area is 135 Å². The van der Waals surface area contributed by atoms with Gasteiger partial charge in [0.05, 0.1) is 5.75 Å². The Bertz CT molecular complexity index is 253. The molecule has 5 heteroatoms. The summed E-state index contributed by atoms with van der Waals surface area (Å²) in [6.07, 6.45) is 13.1. The van der Waals surface area contributed by atoms with E-state index < -0.39 is 10.1 Å². The minimum absolute atomic E-state index is 0. The standard InChI is InChI=1S/C13H28O3S.Na/c1-2-3-4-5-6-7-8-9-10-11-12-13-17(14,15)16;/h2-13H2,1H3,(H,14,15,16);. The van der Waals surface area contributed by atoms with Crippen molar-refractivity contribution >= 4 is 39.7 Å². The molecule has 0 spiro atoms. The van der Waals surface area contributed by atoms with Gasteiger partial charge in [-0.2, -0.15) is 8.42 Å². The van der Waals surface area contributed by atoms with Gasteiger partial charge in [-0.1, -0.05) is 71.1 Å². The summed E-state index contributed by atoms with van der Waals surface area (Å²) in [5.41, 5.74) is 0. The molecule has 0 aromatic rings. The Hall–Kier alpha value is 0.910. The average molecular weight is 287 g/mol. The van der Waals surface area contributed by atoms with Crippen molar-refractivity contribution in [2.45, 2.75) is 77.6 Å². The molecule has 1 radical (unpaired) electrons. The summed E-state index contributed by atoms with van der Waals surface area (Å²) in [6.45, 7) is 2.23. The topological polar surface area (TPSA) is 54.4 Å². The quantitative estimate of drug-likeness (QED) is 0.337. The predicted octanol–water partition coefficient (Wildman–Crippen LogP) is 3.80. The Morgan fingerprint density at radius 1 is 0.722 bits per heavy atom. The molecular formula is C13H28NaO3S. The van der Waals surface area contributed by atoms with Gasteiger partial charge >= 0.3 is 0 Å². The van der Waals surface area contributed by atoms with Crippen LogP contribution in [0.4, 0.5) is 0 Å². The van der Waals surface area contributed by atoms with E-state index in [0.717, 1.165) is 12.8 Å². The van der Waals surface area contributed by atoms with Crippen LogP contribution in [0.25, 0.3) is 0 Å². The molecule has 0 aliphatic rings. The number of unbranched alkanes of at least 4 members (excludes halogenated alkanes) is 10. The smallest absolute Gasteiger partial charge is 0.264 e. The van der Waals surface area contributed by atoms with Crippen molar-refractivity contribution in [1.82, 2.24) is 0 Å². The van der Waals surface area contributed by atoms with Gasteiger partial charge in [0.1, 0.15) is 0 Å². The van der Waals surface area contributed by atoms with E-state index in [1.807, 2.05) is 0 Å². The Kier molecular flexibility index (Phi) is 16.9. The molecule has 0 aromatic heterocycles. The molecule has 0 amide bonds. The molecule has 3 nitrogen and oxygen atoms in total. The van der Waals surface area contributed by atoms with Crippen LogP contribution in [0.3, 0.4) is 0 Å². The van der Waals surface area contributed by atoms with E-state index in [4.69, 9.17) is 4.55 Å². The zero-order chi connectivity index (χ0) is 13.0. The van der Waals surface area contributed by atoms with Gasteiger partial charge in [0.25, 0.3) is 10.1 Å². The molecule has 0 unspecified atom stereocenters. The van der Waals surface area contributed by atoms with Crippen LogP contribution in [-0.4, -0.2) is 48.3 Å². The van der Waals surface area contributed by atoms with E-state index in [-0.39, 0.29) is 35.3 Å². The molecule has 0 aliphatic heterocycles. The summed E-state index contributed by atoms with van der Waals surface area (Å²) in [4.78, 5) is 0. The van der Waals surface area contributed by atoms with E-state index >= 15 is 0 Å².